The van der Waals surface area contributed by atoms with E-state index in [9.17, 15) is 0 Å². The average molecular weight is 234 g/mol. The zero-order chi connectivity index (χ0) is 12.9. The minimum Gasteiger partial charge on any atom is -0.0731 e. The van der Waals surface area contributed by atoms with E-state index in [1.54, 1.807) is 11.1 Å². The van der Waals surface area contributed by atoms with Crippen molar-refractivity contribution in [1.82, 2.24) is 0 Å². The van der Waals surface area contributed by atoms with Gasteiger partial charge in [0.15, 0.2) is 0 Å². The van der Waals surface area contributed by atoms with Crippen LogP contribution in [0.1, 0.15) is 73.1 Å². The number of hydrogen-bond donors (Lipinski definition) is 0. The van der Waals surface area contributed by atoms with Crippen LogP contribution < -0.4 is 0 Å². The first-order valence-electron chi connectivity index (χ1n) is 7.32. The van der Waals surface area contributed by atoms with E-state index >= 15 is 0 Å². The summed E-state index contributed by atoms with van der Waals surface area (Å²) in [6.45, 7) is 11.7. The Morgan fingerprint density at radius 1 is 1.24 bits per heavy atom. The number of hydrogen-bond acceptors (Lipinski definition) is 0. The minimum atomic E-state index is 0.377. The van der Waals surface area contributed by atoms with Gasteiger partial charge in [0, 0.05) is 0 Å². The Bertz CT molecular complexity index is 291. The van der Waals surface area contributed by atoms with E-state index in [2.05, 4.69) is 46.8 Å². The molecule has 1 rings (SSSR count). The molecule has 1 aliphatic rings. The van der Waals surface area contributed by atoms with Gasteiger partial charge in [-0.05, 0) is 43.9 Å². The molecule has 0 aromatic heterocycles. The molecule has 0 saturated heterocycles. The molecule has 0 amide bonds. The molecule has 0 spiro atoms. The summed E-state index contributed by atoms with van der Waals surface area (Å²) in [5, 5.41) is 0. The Kier molecular flexibility index (Phi) is 5.49. The van der Waals surface area contributed by atoms with Crippen molar-refractivity contribution < 1.29 is 0 Å². The summed E-state index contributed by atoms with van der Waals surface area (Å²) in [5.74, 6) is 0.861. The largest absolute Gasteiger partial charge is 0.0731 e. The van der Waals surface area contributed by atoms with Crippen LogP contribution in [0.25, 0.3) is 0 Å². The van der Waals surface area contributed by atoms with Crippen LogP contribution in [0.4, 0.5) is 0 Å². The average Bonchev–Trinajstić information content (AvgIpc) is 2.27. The Labute approximate surface area is 108 Å². The van der Waals surface area contributed by atoms with Gasteiger partial charge in [0.1, 0.15) is 0 Å². The Hall–Kier alpha value is -0.520. The highest BCUT2D eigenvalue weighted by Crippen LogP contribution is 2.34. The molecule has 98 valence electrons. The van der Waals surface area contributed by atoms with Crippen LogP contribution in [-0.2, 0) is 0 Å². The SMILES string of the molecule is CCC(C)(C)C1=CC=C(C)CC(C)CCCC1. The van der Waals surface area contributed by atoms with E-state index in [0.717, 1.165) is 5.92 Å². The molecule has 1 unspecified atom stereocenters. The minimum absolute atomic E-state index is 0.377. The fraction of sp³-hybridized carbons (Fsp3) is 0.765. The van der Waals surface area contributed by atoms with Crippen LogP contribution in [-0.4, -0.2) is 0 Å². The summed E-state index contributed by atoms with van der Waals surface area (Å²) in [6, 6.07) is 0. The Morgan fingerprint density at radius 2 is 1.94 bits per heavy atom. The van der Waals surface area contributed by atoms with Crippen molar-refractivity contribution in [2.24, 2.45) is 11.3 Å². The zero-order valence-corrected chi connectivity index (χ0v) is 12.5. The van der Waals surface area contributed by atoms with Gasteiger partial charge < -0.3 is 0 Å². The molecule has 1 atom stereocenters. The van der Waals surface area contributed by atoms with Gasteiger partial charge in [-0.2, -0.15) is 0 Å². The number of allylic oxidation sites excluding steroid dienone is 4. The van der Waals surface area contributed by atoms with Crippen molar-refractivity contribution in [3.8, 4) is 0 Å². The highest BCUT2D eigenvalue weighted by molar-refractivity contribution is 5.22. The standard InChI is InChI=1S/C17H30/c1-6-17(4,5)16-10-8-7-9-14(2)13-15(3)11-12-16/h11-12,14H,6-10,13H2,1-5H3. The van der Waals surface area contributed by atoms with Gasteiger partial charge in [0.25, 0.3) is 0 Å². The molecular formula is C17H30. The van der Waals surface area contributed by atoms with Gasteiger partial charge in [-0.15, -0.1) is 0 Å². The van der Waals surface area contributed by atoms with Gasteiger partial charge in [-0.3, -0.25) is 0 Å². The van der Waals surface area contributed by atoms with Crippen molar-refractivity contribution in [3.05, 3.63) is 23.3 Å². The molecule has 1 aliphatic carbocycles. The summed E-state index contributed by atoms with van der Waals surface area (Å²) in [6.07, 6.45) is 12.7. The van der Waals surface area contributed by atoms with Crippen LogP contribution in [0.2, 0.25) is 0 Å². The van der Waals surface area contributed by atoms with Crippen molar-refractivity contribution >= 4 is 0 Å². The van der Waals surface area contributed by atoms with Gasteiger partial charge in [0.05, 0.1) is 0 Å². The molecule has 17 heavy (non-hydrogen) atoms. The van der Waals surface area contributed by atoms with Crippen LogP contribution in [0, 0.1) is 11.3 Å². The molecular weight excluding hydrogens is 204 g/mol. The van der Waals surface area contributed by atoms with Crippen LogP contribution in [0.5, 0.6) is 0 Å². The molecule has 0 aliphatic heterocycles. The smallest absolute Gasteiger partial charge is 0.0144 e. The maximum Gasteiger partial charge on any atom is -0.0144 e. The molecule has 0 aromatic carbocycles. The van der Waals surface area contributed by atoms with E-state index in [-0.39, 0.29) is 0 Å². The van der Waals surface area contributed by atoms with Gasteiger partial charge in [-0.25, -0.2) is 0 Å². The van der Waals surface area contributed by atoms with Gasteiger partial charge in [0.2, 0.25) is 0 Å². The fourth-order valence-corrected chi connectivity index (χ4v) is 2.65. The van der Waals surface area contributed by atoms with Crippen LogP contribution >= 0.6 is 0 Å². The second kappa shape index (κ2) is 6.42. The molecule has 0 heterocycles. The van der Waals surface area contributed by atoms with Gasteiger partial charge in [-0.1, -0.05) is 63.8 Å². The fourth-order valence-electron chi connectivity index (χ4n) is 2.65. The topological polar surface area (TPSA) is 0 Å². The summed E-state index contributed by atoms with van der Waals surface area (Å²) in [7, 11) is 0. The first kappa shape index (κ1) is 14.5. The quantitative estimate of drug-likeness (QED) is 0.558. The summed E-state index contributed by atoms with van der Waals surface area (Å²) in [5.41, 5.74) is 3.57. The first-order valence-corrected chi connectivity index (χ1v) is 7.32. The maximum absolute atomic E-state index is 2.41. The third kappa shape index (κ3) is 4.69. The molecule has 0 saturated carbocycles. The maximum atomic E-state index is 2.41. The monoisotopic (exact) mass is 234 g/mol. The normalized spacial score (nSPS) is 23.9. The van der Waals surface area contributed by atoms with Crippen molar-refractivity contribution in [1.29, 1.82) is 0 Å². The predicted octanol–water partition coefficient (Wildman–Crippen LogP) is 5.90. The molecule has 0 radical (unpaired) electrons. The molecule has 0 aromatic rings. The molecule has 0 fully saturated rings. The lowest BCUT2D eigenvalue weighted by Gasteiger charge is -2.27. The van der Waals surface area contributed by atoms with E-state index in [0.29, 0.717) is 5.41 Å². The zero-order valence-electron chi connectivity index (χ0n) is 12.5. The van der Waals surface area contributed by atoms with Crippen LogP contribution in [0.3, 0.4) is 0 Å². The molecule has 0 nitrogen and oxygen atoms in total. The lowest BCUT2D eigenvalue weighted by atomic mass is 9.78. The Balaban J connectivity index is 2.87. The molecule has 0 bridgehead atoms. The van der Waals surface area contributed by atoms with Gasteiger partial charge >= 0.3 is 0 Å². The van der Waals surface area contributed by atoms with E-state index < -0.39 is 0 Å². The molecule has 0 heteroatoms. The summed E-state index contributed by atoms with van der Waals surface area (Å²) in [4.78, 5) is 0. The highest BCUT2D eigenvalue weighted by Gasteiger charge is 2.20. The third-order valence-electron chi connectivity index (χ3n) is 4.39. The lowest BCUT2D eigenvalue weighted by molar-refractivity contribution is 0.402. The van der Waals surface area contributed by atoms with E-state index in [4.69, 9.17) is 0 Å². The first-order chi connectivity index (χ1) is 7.95. The van der Waals surface area contributed by atoms with Crippen molar-refractivity contribution in [2.75, 3.05) is 0 Å². The summed E-state index contributed by atoms with van der Waals surface area (Å²) < 4.78 is 0. The molecule has 0 N–H and O–H groups in total. The van der Waals surface area contributed by atoms with Crippen molar-refractivity contribution in [2.45, 2.75) is 73.1 Å². The second-order valence-electron chi connectivity index (χ2n) is 6.50. The summed E-state index contributed by atoms with van der Waals surface area (Å²) >= 11 is 0. The highest BCUT2D eigenvalue weighted by atomic mass is 14.3. The predicted molar refractivity (Wildman–Crippen MR) is 78.2 cm³/mol. The van der Waals surface area contributed by atoms with E-state index in [1.807, 2.05) is 0 Å². The third-order valence-corrected chi connectivity index (χ3v) is 4.39. The van der Waals surface area contributed by atoms with Crippen molar-refractivity contribution in [3.63, 3.8) is 0 Å². The van der Waals surface area contributed by atoms with Crippen LogP contribution in [0.15, 0.2) is 23.3 Å². The van der Waals surface area contributed by atoms with E-state index in [1.165, 1.54) is 38.5 Å². The lowest BCUT2D eigenvalue weighted by Crippen LogP contribution is -2.14. The second-order valence-corrected chi connectivity index (χ2v) is 6.50. The Morgan fingerprint density at radius 3 is 2.59 bits per heavy atom. The number of rotatable bonds is 2.